The van der Waals surface area contributed by atoms with Crippen molar-refractivity contribution in [1.82, 2.24) is 4.72 Å². The van der Waals surface area contributed by atoms with Gasteiger partial charge in [-0.1, -0.05) is 6.92 Å². The topological polar surface area (TPSA) is 83.5 Å². The second-order valence-corrected chi connectivity index (χ2v) is 4.84. The average molecular weight is 193 g/mol. The number of nitrogens with one attached hydrogen (secondary N) is 1. The minimum absolute atomic E-state index is 0.0469. The molecule has 2 unspecified atom stereocenters. The zero-order valence-corrected chi connectivity index (χ0v) is 7.47. The van der Waals surface area contributed by atoms with E-state index < -0.39 is 21.7 Å². The van der Waals surface area contributed by atoms with E-state index in [-0.39, 0.29) is 6.04 Å². The molecular formula is C6H11NO4S. The first-order valence-corrected chi connectivity index (χ1v) is 5.28. The molecule has 1 fully saturated rings. The Morgan fingerprint density at radius 2 is 2.17 bits per heavy atom. The highest BCUT2D eigenvalue weighted by Crippen LogP contribution is 2.29. The van der Waals surface area contributed by atoms with Crippen molar-refractivity contribution in [2.75, 3.05) is 5.75 Å². The van der Waals surface area contributed by atoms with Crippen molar-refractivity contribution in [3.8, 4) is 0 Å². The molecule has 0 aromatic heterocycles. The van der Waals surface area contributed by atoms with Crippen molar-refractivity contribution in [1.29, 1.82) is 0 Å². The lowest BCUT2D eigenvalue weighted by molar-refractivity contribution is -0.134. The minimum Gasteiger partial charge on any atom is -0.480 e. The van der Waals surface area contributed by atoms with Crippen molar-refractivity contribution < 1.29 is 18.3 Å². The molecule has 0 heterocycles. The van der Waals surface area contributed by atoms with Crippen LogP contribution in [0.2, 0.25) is 0 Å². The molecule has 6 heteroatoms. The number of aliphatic carboxylic acids is 1. The summed E-state index contributed by atoms with van der Waals surface area (Å²) in [6, 6.07) is -0.0469. The number of carboxylic acids is 1. The van der Waals surface area contributed by atoms with E-state index in [4.69, 9.17) is 5.11 Å². The number of hydrogen-bond acceptors (Lipinski definition) is 3. The summed E-state index contributed by atoms with van der Waals surface area (Å²) in [7, 11) is -3.60. The second kappa shape index (κ2) is 3.02. The van der Waals surface area contributed by atoms with E-state index in [1.54, 1.807) is 0 Å². The highest BCUT2D eigenvalue weighted by atomic mass is 32.2. The Kier molecular flexibility index (Phi) is 2.39. The molecule has 1 saturated carbocycles. The van der Waals surface area contributed by atoms with Gasteiger partial charge in [-0.15, -0.1) is 0 Å². The molecule has 0 aromatic rings. The van der Waals surface area contributed by atoms with Gasteiger partial charge in [-0.25, -0.2) is 13.1 Å². The molecule has 12 heavy (non-hydrogen) atoms. The van der Waals surface area contributed by atoms with E-state index in [1.165, 1.54) is 0 Å². The Morgan fingerprint density at radius 1 is 1.67 bits per heavy atom. The summed E-state index contributed by atoms with van der Waals surface area (Å²) >= 11 is 0. The van der Waals surface area contributed by atoms with Crippen LogP contribution in [0.25, 0.3) is 0 Å². The van der Waals surface area contributed by atoms with Gasteiger partial charge in [0.1, 0.15) is 0 Å². The summed E-state index contributed by atoms with van der Waals surface area (Å²) in [5.41, 5.74) is 0. The zero-order chi connectivity index (χ0) is 9.35. The van der Waals surface area contributed by atoms with E-state index in [2.05, 4.69) is 4.72 Å². The molecule has 1 aliphatic rings. The lowest BCUT2D eigenvalue weighted by Crippen LogP contribution is -2.32. The van der Waals surface area contributed by atoms with Gasteiger partial charge in [0.15, 0.2) is 5.75 Å². The van der Waals surface area contributed by atoms with Crippen molar-refractivity contribution >= 4 is 16.0 Å². The van der Waals surface area contributed by atoms with Crippen molar-refractivity contribution in [2.45, 2.75) is 19.4 Å². The number of hydrogen-bond donors (Lipinski definition) is 2. The fourth-order valence-electron chi connectivity index (χ4n) is 0.921. The average Bonchev–Trinajstić information content (AvgIpc) is 2.40. The summed E-state index contributed by atoms with van der Waals surface area (Å²) < 4.78 is 24.2. The van der Waals surface area contributed by atoms with Crippen LogP contribution in [-0.2, 0) is 14.8 Å². The molecule has 0 amide bonds. The third-order valence-electron chi connectivity index (χ3n) is 1.75. The van der Waals surface area contributed by atoms with E-state index in [9.17, 15) is 13.2 Å². The van der Waals surface area contributed by atoms with E-state index >= 15 is 0 Å². The molecular weight excluding hydrogens is 182 g/mol. The van der Waals surface area contributed by atoms with Crippen molar-refractivity contribution in [2.24, 2.45) is 5.92 Å². The van der Waals surface area contributed by atoms with Crippen LogP contribution in [0.5, 0.6) is 0 Å². The number of carboxylic acid groups (broad SMARTS) is 1. The number of carbonyl (C=O) groups is 1. The predicted molar refractivity (Wildman–Crippen MR) is 42.1 cm³/mol. The summed E-state index contributed by atoms with van der Waals surface area (Å²) in [6.07, 6.45) is 0.804. The molecule has 5 nitrogen and oxygen atoms in total. The van der Waals surface area contributed by atoms with Gasteiger partial charge in [0.25, 0.3) is 0 Å². The summed E-state index contributed by atoms with van der Waals surface area (Å²) in [5, 5.41) is 8.23. The van der Waals surface area contributed by atoms with Crippen LogP contribution in [0.1, 0.15) is 13.3 Å². The molecule has 1 rings (SSSR count). The molecule has 0 spiro atoms. The molecule has 0 aliphatic heterocycles. The zero-order valence-electron chi connectivity index (χ0n) is 6.65. The van der Waals surface area contributed by atoms with E-state index in [0.29, 0.717) is 5.92 Å². The van der Waals surface area contributed by atoms with Gasteiger partial charge >= 0.3 is 5.97 Å². The lowest BCUT2D eigenvalue weighted by atomic mass is 10.5. The third-order valence-corrected chi connectivity index (χ3v) is 3.04. The van der Waals surface area contributed by atoms with Crippen molar-refractivity contribution in [3.05, 3.63) is 0 Å². The van der Waals surface area contributed by atoms with Crippen LogP contribution in [0.4, 0.5) is 0 Å². The monoisotopic (exact) mass is 193 g/mol. The maximum atomic E-state index is 10.9. The van der Waals surface area contributed by atoms with Gasteiger partial charge in [0.05, 0.1) is 0 Å². The number of sulfonamides is 1. The number of rotatable bonds is 4. The molecule has 1 aliphatic carbocycles. The van der Waals surface area contributed by atoms with Gasteiger partial charge in [-0.2, -0.15) is 0 Å². The minimum atomic E-state index is -3.60. The Morgan fingerprint density at radius 3 is 2.50 bits per heavy atom. The Labute approximate surface area is 70.8 Å². The van der Waals surface area contributed by atoms with Crippen LogP contribution in [-0.4, -0.2) is 31.3 Å². The Bertz CT molecular complexity index is 284. The summed E-state index contributed by atoms with van der Waals surface area (Å²) in [6.45, 7) is 1.91. The fraction of sp³-hybridized carbons (Fsp3) is 0.833. The Balaban J connectivity index is 2.44. The van der Waals surface area contributed by atoms with Crippen LogP contribution in [0.3, 0.4) is 0 Å². The fourth-order valence-corrected chi connectivity index (χ4v) is 2.12. The molecule has 0 bridgehead atoms. The summed E-state index contributed by atoms with van der Waals surface area (Å²) in [4.78, 5) is 10.1. The highest BCUT2D eigenvalue weighted by Gasteiger charge is 2.36. The first-order valence-electron chi connectivity index (χ1n) is 3.62. The van der Waals surface area contributed by atoms with Crippen molar-refractivity contribution in [3.63, 3.8) is 0 Å². The van der Waals surface area contributed by atoms with E-state index in [0.717, 1.165) is 6.42 Å². The standard InChI is InChI=1S/C6H11NO4S/c1-4-2-5(4)7-12(10,11)3-6(8)9/h4-5,7H,2-3H2,1H3,(H,8,9). The molecule has 70 valence electrons. The van der Waals surface area contributed by atoms with Gasteiger partial charge < -0.3 is 5.11 Å². The molecule has 0 aromatic carbocycles. The largest absolute Gasteiger partial charge is 0.480 e. The quantitative estimate of drug-likeness (QED) is 0.624. The lowest BCUT2D eigenvalue weighted by Gasteiger charge is -2.01. The maximum absolute atomic E-state index is 10.9. The van der Waals surface area contributed by atoms with Gasteiger partial charge in [-0.3, -0.25) is 4.79 Å². The first-order chi connectivity index (χ1) is 5.41. The normalized spacial score (nSPS) is 28.4. The van der Waals surface area contributed by atoms with Crippen LogP contribution in [0.15, 0.2) is 0 Å². The molecule has 2 N–H and O–H groups in total. The first kappa shape index (κ1) is 9.47. The highest BCUT2D eigenvalue weighted by molar-refractivity contribution is 7.90. The van der Waals surface area contributed by atoms with Crippen LogP contribution in [0, 0.1) is 5.92 Å². The third kappa shape index (κ3) is 2.78. The molecule has 0 saturated heterocycles. The Hall–Kier alpha value is -0.620. The SMILES string of the molecule is CC1CC1NS(=O)(=O)CC(=O)O. The smallest absolute Gasteiger partial charge is 0.320 e. The predicted octanol–water partition coefficient (Wildman–Crippen LogP) is -0.601. The summed E-state index contributed by atoms with van der Waals surface area (Å²) in [5.74, 6) is -1.82. The van der Waals surface area contributed by atoms with Gasteiger partial charge in [0, 0.05) is 6.04 Å². The van der Waals surface area contributed by atoms with Crippen LogP contribution >= 0.6 is 0 Å². The maximum Gasteiger partial charge on any atom is 0.320 e. The second-order valence-electron chi connectivity index (χ2n) is 3.09. The molecule has 2 atom stereocenters. The van der Waals surface area contributed by atoms with E-state index in [1.807, 2.05) is 6.92 Å². The molecule has 0 radical (unpaired) electrons. The van der Waals surface area contributed by atoms with Crippen LogP contribution < -0.4 is 4.72 Å². The van der Waals surface area contributed by atoms with Gasteiger partial charge in [0.2, 0.25) is 10.0 Å². The van der Waals surface area contributed by atoms with Gasteiger partial charge in [-0.05, 0) is 12.3 Å².